The van der Waals surface area contributed by atoms with Crippen LogP contribution in [0.5, 0.6) is 0 Å². The fourth-order valence-corrected chi connectivity index (χ4v) is 1.44. The average Bonchev–Trinajstić information content (AvgIpc) is 2.23. The largest absolute Gasteiger partial charge is 0.348 e. The van der Waals surface area contributed by atoms with E-state index < -0.39 is 0 Å². The van der Waals surface area contributed by atoms with Crippen LogP contribution in [0.1, 0.15) is 0 Å². The Balaban J connectivity index is 2.22. The molecule has 1 aromatic rings. The molecule has 1 saturated heterocycles. The maximum atomic E-state index is 11.7. The van der Waals surface area contributed by atoms with Crippen molar-refractivity contribution in [3.05, 3.63) is 30.3 Å². The molecule has 2 amide bonds. The van der Waals surface area contributed by atoms with Crippen LogP contribution in [-0.4, -0.2) is 31.3 Å². The molecule has 0 bridgehead atoms. The van der Waals surface area contributed by atoms with Gasteiger partial charge >= 0.3 is 6.03 Å². The molecule has 1 fully saturated rings. The zero-order valence-electron chi connectivity index (χ0n) is 8.01. The van der Waals surface area contributed by atoms with Crippen LogP contribution in [0.25, 0.3) is 0 Å². The lowest BCUT2D eigenvalue weighted by molar-refractivity contribution is -0.105. The summed E-state index contributed by atoms with van der Waals surface area (Å²) in [6, 6.07) is 9.46. The van der Waals surface area contributed by atoms with Gasteiger partial charge in [-0.05, 0) is 12.1 Å². The van der Waals surface area contributed by atoms with Gasteiger partial charge in [-0.15, -0.1) is 0 Å². The van der Waals surface area contributed by atoms with E-state index in [1.807, 2.05) is 30.3 Å². The van der Waals surface area contributed by atoms with Crippen molar-refractivity contribution in [3.63, 3.8) is 0 Å². The second-order valence-corrected chi connectivity index (χ2v) is 3.10. The predicted octanol–water partition coefficient (Wildman–Crippen LogP) is 1.49. The first-order valence-corrected chi connectivity index (χ1v) is 4.52. The molecule has 0 aliphatic carbocycles. The molecule has 0 atom stereocenters. The molecular formula is C10H12N2O2. The summed E-state index contributed by atoms with van der Waals surface area (Å²) in [4.78, 5) is 18.4. The van der Waals surface area contributed by atoms with Crippen molar-refractivity contribution in [2.24, 2.45) is 0 Å². The minimum atomic E-state index is -0.123. The lowest BCUT2D eigenvalue weighted by Gasteiger charge is -2.32. The Kier molecular flexibility index (Phi) is 2.37. The van der Waals surface area contributed by atoms with E-state index in [9.17, 15) is 4.79 Å². The summed E-state index contributed by atoms with van der Waals surface area (Å²) < 4.78 is 0. The van der Waals surface area contributed by atoms with Crippen molar-refractivity contribution in [3.8, 4) is 0 Å². The second kappa shape index (κ2) is 3.67. The summed E-state index contributed by atoms with van der Waals surface area (Å²) >= 11 is 0. The van der Waals surface area contributed by atoms with Crippen LogP contribution in [0.4, 0.5) is 10.5 Å². The van der Waals surface area contributed by atoms with Crippen molar-refractivity contribution >= 4 is 11.7 Å². The first kappa shape index (κ1) is 9.02. The van der Waals surface area contributed by atoms with Crippen LogP contribution >= 0.6 is 0 Å². The van der Waals surface area contributed by atoms with Gasteiger partial charge in [0.25, 0.3) is 0 Å². The number of benzene rings is 1. The van der Waals surface area contributed by atoms with Gasteiger partial charge < -0.3 is 0 Å². The van der Waals surface area contributed by atoms with Crippen LogP contribution in [0.3, 0.4) is 0 Å². The average molecular weight is 192 g/mol. The number of anilines is 1. The van der Waals surface area contributed by atoms with Crippen LogP contribution in [0, 0.1) is 0 Å². The van der Waals surface area contributed by atoms with Crippen molar-refractivity contribution in [2.75, 3.05) is 25.1 Å². The Morgan fingerprint density at radius 2 is 2.00 bits per heavy atom. The number of amides is 2. The third-order valence-corrected chi connectivity index (χ3v) is 2.17. The number of hydrogen-bond acceptors (Lipinski definition) is 2. The molecule has 14 heavy (non-hydrogen) atoms. The molecule has 0 aromatic heterocycles. The Labute approximate surface area is 82.6 Å². The van der Waals surface area contributed by atoms with Crippen molar-refractivity contribution in [2.45, 2.75) is 0 Å². The third kappa shape index (κ3) is 1.56. The highest BCUT2D eigenvalue weighted by molar-refractivity contribution is 5.91. The summed E-state index contributed by atoms with van der Waals surface area (Å²) in [6.07, 6.45) is 0. The van der Waals surface area contributed by atoms with E-state index in [1.54, 1.807) is 11.9 Å². The van der Waals surface area contributed by atoms with Gasteiger partial charge in [0.05, 0.1) is 13.2 Å². The SMILES string of the molecule is CN1OCCN(c2ccccc2)C1=O. The lowest BCUT2D eigenvalue weighted by atomic mass is 10.3. The van der Waals surface area contributed by atoms with Crippen LogP contribution in [0.15, 0.2) is 30.3 Å². The fraction of sp³-hybridized carbons (Fsp3) is 0.300. The summed E-state index contributed by atoms with van der Waals surface area (Å²) in [5, 5.41) is 1.26. The van der Waals surface area contributed by atoms with Gasteiger partial charge in [-0.3, -0.25) is 9.74 Å². The maximum absolute atomic E-state index is 11.7. The molecule has 0 saturated carbocycles. The predicted molar refractivity (Wildman–Crippen MR) is 52.9 cm³/mol. The van der Waals surface area contributed by atoms with Gasteiger partial charge in [-0.2, -0.15) is 0 Å². The molecule has 1 aromatic carbocycles. The normalized spacial score (nSPS) is 17.4. The topological polar surface area (TPSA) is 32.8 Å². The van der Waals surface area contributed by atoms with Crippen molar-refractivity contribution in [1.82, 2.24) is 5.06 Å². The summed E-state index contributed by atoms with van der Waals surface area (Å²) in [5.74, 6) is 0. The minimum Gasteiger partial charge on any atom is -0.290 e. The monoisotopic (exact) mass is 192 g/mol. The number of hydroxylamine groups is 2. The number of urea groups is 1. The van der Waals surface area contributed by atoms with Crippen LogP contribution < -0.4 is 4.90 Å². The highest BCUT2D eigenvalue weighted by Crippen LogP contribution is 2.17. The van der Waals surface area contributed by atoms with Gasteiger partial charge in [0.15, 0.2) is 0 Å². The smallest absolute Gasteiger partial charge is 0.290 e. The molecule has 74 valence electrons. The van der Waals surface area contributed by atoms with Gasteiger partial charge in [0.1, 0.15) is 0 Å². The zero-order valence-corrected chi connectivity index (χ0v) is 8.01. The molecule has 0 spiro atoms. The number of carbonyl (C=O) groups is 1. The standard InChI is InChI=1S/C10H12N2O2/c1-11-10(13)12(7-8-14-11)9-5-3-2-4-6-9/h2-6H,7-8H2,1H3. The summed E-state index contributed by atoms with van der Waals surface area (Å²) in [5.41, 5.74) is 0.910. The van der Waals surface area contributed by atoms with Crippen LogP contribution in [-0.2, 0) is 4.84 Å². The van der Waals surface area contributed by atoms with Gasteiger partial charge in [-0.25, -0.2) is 9.86 Å². The maximum Gasteiger partial charge on any atom is 0.348 e. The molecular weight excluding hydrogens is 180 g/mol. The van der Waals surface area contributed by atoms with E-state index in [4.69, 9.17) is 4.84 Å². The molecule has 1 aliphatic heterocycles. The molecule has 2 rings (SSSR count). The van der Waals surface area contributed by atoms with E-state index in [2.05, 4.69) is 0 Å². The van der Waals surface area contributed by atoms with Gasteiger partial charge in [0.2, 0.25) is 0 Å². The fourth-order valence-electron chi connectivity index (χ4n) is 1.44. The van der Waals surface area contributed by atoms with Crippen molar-refractivity contribution in [1.29, 1.82) is 0 Å². The van der Waals surface area contributed by atoms with E-state index in [0.29, 0.717) is 13.2 Å². The third-order valence-electron chi connectivity index (χ3n) is 2.17. The Morgan fingerprint density at radius 3 is 2.71 bits per heavy atom. The number of carbonyl (C=O) groups excluding carboxylic acids is 1. The Morgan fingerprint density at radius 1 is 1.29 bits per heavy atom. The second-order valence-electron chi connectivity index (χ2n) is 3.10. The quantitative estimate of drug-likeness (QED) is 0.675. The molecule has 1 heterocycles. The number of rotatable bonds is 1. The zero-order chi connectivity index (χ0) is 9.97. The number of hydrogen-bond donors (Lipinski definition) is 0. The number of nitrogens with zero attached hydrogens (tertiary/aromatic N) is 2. The van der Waals surface area contributed by atoms with E-state index in [-0.39, 0.29) is 6.03 Å². The lowest BCUT2D eigenvalue weighted by Crippen LogP contribution is -2.48. The highest BCUT2D eigenvalue weighted by atomic mass is 16.7. The molecule has 0 radical (unpaired) electrons. The van der Waals surface area contributed by atoms with Gasteiger partial charge in [0, 0.05) is 12.7 Å². The summed E-state index contributed by atoms with van der Waals surface area (Å²) in [7, 11) is 1.62. The molecule has 0 N–H and O–H groups in total. The van der Waals surface area contributed by atoms with Crippen molar-refractivity contribution < 1.29 is 9.63 Å². The molecule has 1 aliphatic rings. The van der Waals surface area contributed by atoms with Gasteiger partial charge in [-0.1, -0.05) is 18.2 Å². The van der Waals surface area contributed by atoms with E-state index in [0.717, 1.165) is 5.69 Å². The summed E-state index contributed by atoms with van der Waals surface area (Å²) in [6.45, 7) is 1.14. The van der Waals surface area contributed by atoms with E-state index in [1.165, 1.54) is 5.06 Å². The Bertz CT molecular complexity index is 326. The minimum absolute atomic E-state index is 0.123. The first-order chi connectivity index (χ1) is 6.79. The highest BCUT2D eigenvalue weighted by Gasteiger charge is 2.24. The first-order valence-electron chi connectivity index (χ1n) is 4.52. The Hall–Kier alpha value is -1.55. The molecule has 0 unspecified atom stereocenters. The van der Waals surface area contributed by atoms with Crippen LogP contribution in [0.2, 0.25) is 0 Å². The molecule has 4 heteroatoms. The molecule has 4 nitrogen and oxygen atoms in total. The van der Waals surface area contributed by atoms with E-state index >= 15 is 0 Å². The number of para-hydroxylation sites is 1.